The van der Waals surface area contributed by atoms with E-state index in [2.05, 4.69) is 48.6 Å². The Labute approximate surface area is 190 Å². The number of unbranched alkanes of at least 4 members (excludes halogenated alkanes) is 1. The smallest absolute Gasteiger partial charge is 0.222 e. The first kappa shape index (κ1) is 22.7. The zero-order chi connectivity index (χ0) is 22.7. The van der Waals surface area contributed by atoms with Crippen LogP contribution in [0.3, 0.4) is 0 Å². The number of methoxy groups -OCH3 is 1. The van der Waals surface area contributed by atoms with Crippen LogP contribution in [0.1, 0.15) is 49.6 Å². The highest BCUT2D eigenvalue weighted by Gasteiger charge is 2.18. The number of morpholine rings is 1. The zero-order valence-corrected chi connectivity index (χ0v) is 20.0. The Morgan fingerprint density at radius 1 is 1.03 bits per heavy atom. The van der Waals surface area contributed by atoms with Crippen molar-refractivity contribution in [3.8, 4) is 17.1 Å². The molecule has 0 spiro atoms. The van der Waals surface area contributed by atoms with Crippen LogP contribution in [0.15, 0.2) is 18.3 Å². The van der Waals surface area contributed by atoms with E-state index in [4.69, 9.17) is 24.4 Å². The molecule has 7 nitrogen and oxygen atoms in total. The molecule has 0 aromatic carbocycles. The van der Waals surface area contributed by atoms with E-state index in [1.165, 1.54) is 6.42 Å². The van der Waals surface area contributed by atoms with Gasteiger partial charge in [-0.15, -0.1) is 0 Å². The fourth-order valence-electron chi connectivity index (χ4n) is 4.31. The standard InChI is InChI=1S/C25H35N5O2/c1-17(2)21-9-8-20(25(27-21)31-5)23-19(4)26-24-22(28-23)18(3)16-30(24)11-7-6-10-29-12-14-32-15-13-29/h8-9,16-17H,6-7,10-15H2,1-5H3. The summed E-state index contributed by atoms with van der Waals surface area (Å²) in [5.74, 6) is 0.945. The lowest BCUT2D eigenvalue weighted by Crippen LogP contribution is -2.36. The monoisotopic (exact) mass is 437 g/mol. The molecule has 0 aliphatic carbocycles. The summed E-state index contributed by atoms with van der Waals surface area (Å²) in [6.45, 7) is 14.3. The molecule has 1 fully saturated rings. The number of ether oxygens (including phenoxy) is 2. The van der Waals surface area contributed by atoms with Crippen LogP contribution < -0.4 is 4.74 Å². The number of hydrogen-bond acceptors (Lipinski definition) is 6. The maximum Gasteiger partial charge on any atom is 0.222 e. The lowest BCUT2D eigenvalue weighted by Gasteiger charge is -2.26. The van der Waals surface area contributed by atoms with Crippen LogP contribution in [0.4, 0.5) is 0 Å². The third-order valence-electron chi connectivity index (χ3n) is 6.20. The first-order valence-corrected chi connectivity index (χ1v) is 11.7. The summed E-state index contributed by atoms with van der Waals surface area (Å²) < 4.78 is 13.3. The Morgan fingerprint density at radius 3 is 2.50 bits per heavy atom. The van der Waals surface area contributed by atoms with Crippen LogP contribution in [0, 0.1) is 13.8 Å². The minimum Gasteiger partial charge on any atom is -0.480 e. The molecule has 4 rings (SSSR count). The van der Waals surface area contributed by atoms with Gasteiger partial charge < -0.3 is 14.0 Å². The highest BCUT2D eigenvalue weighted by atomic mass is 16.5. The molecule has 0 unspecified atom stereocenters. The van der Waals surface area contributed by atoms with Crippen LogP contribution in [0.5, 0.6) is 5.88 Å². The van der Waals surface area contributed by atoms with Crippen molar-refractivity contribution < 1.29 is 9.47 Å². The average molecular weight is 438 g/mol. The van der Waals surface area contributed by atoms with Gasteiger partial charge in [-0.1, -0.05) is 13.8 Å². The van der Waals surface area contributed by atoms with Gasteiger partial charge in [-0.25, -0.2) is 15.0 Å². The van der Waals surface area contributed by atoms with E-state index in [0.29, 0.717) is 11.8 Å². The Kier molecular flexibility index (Phi) is 7.06. The maximum absolute atomic E-state index is 5.61. The molecule has 3 aromatic heterocycles. The van der Waals surface area contributed by atoms with Gasteiger partial charge in [-0.3, -0.25) is 4.90 Å². The van der Waals surface area contributed by atoms with E-state index < -0.39 is 0 Å². The van der Waals surface area contributed by atoms with Crippen molar-refractivity contribution in [2.75, 3.05) is 40.0 Å². The molecule has 0 saturated carbocycles. The molecule has 0 amide bonds. The van der Waals surface area contributed by atoms with Gasteiger partial charge in [0.05, 0.1) is 37.3 Å². The Bertz CT molecular complexity index is 1070. The SMILES string of the molecule is COc1nc(C(C)C)ccc1-c1nc2c(C)cn(CCCCN3CCOCC3)c2nc1C. The molecule has 172 valence electrons. The van der Waals surface area contributed by atoms with E-state index in [1.54, 1.807) is 7.11 Å². The van der Waals surface area contributed by atoms with Crippen molar-refractivity contribution in [1.29, 1.82) is 0 Å². The van der Waals surface area contributed by atoms with Gasteiger partial charge in [0.15, 0.2) is 5.65 Å². The fraction of sp³-hybridized carbons (Fsp3) is 0.560. The first-order chi connectivity index (χ1) is 15.5. The van der Waals surface area contributed by atoms with Gasteiger partial charge in [0, 0.05) is 31.5 Å². The summed E-state index contributed by atoms with van der Waals surface area (Å²) >= 11 is 0. The molecule has 1 saturated heterocycles. The molecule has 0 radical (unpaired) electrons. The van der Waals surface area contributed by atoms with Crippen molar-refractivity contribution in [1.82, 2.24) is 24.4 Å². The maximum atomic E-state index is 5.61. The summed E-state index contributed by atoms with van der Waals surface area (Å²) in [4.78, 5) is 17.2. The lowest BCUT2D eigenvalue weighted by atomic mass is 10.1. The second-order valence-corrected chi connectivity index (χ2v) is 8.94. The minimum absolute atomic E-state index is 0.340. The topological polar surface area (TPSA) is 65.3 Å². The van der Waals surface area contributed by atoms with E-state index in [0.717, 1.165) is 85.2 Å². The fourth-order valence-corrected chi connectivity index (χ4v) is 4.31. The number of aromatic nitrogens is 4. The quantitative estimate of drug-likeness (QED) is 0.488. The second-order valence-electron chi connectivity index (χ2n) is 8.94. The normalized spacial score (nSPS) is 15.1. The van der Waals surface area contributed by atoms with Crippen molar-refractivity contribution in [2.24, 2.45) is 0 Å². The molecule has 0 N–H and O–H groups in total. The van der Waals surface area contributed by atoms with E-state index in [-0.39, 0.29) is 0 Å². The summed E-state index contributed by atoms with van der Waals surface area (Å²) in [5, 5.41) is 0. The number of aryl methyl sites for hydroxylation is 3. The summed E-state index contributed by atoms with van der Waals surface area (Å²) in [5.41, 5.74) is 6.69. The van der Waals surface area contributed by atoms with Crippen LogP contribution >= 0.6 is 0 Å². The van der Waals surface area contributed by atoms with Crippen molar-refractivity contribution in [3.63, 3.8) is 0 Å². The predicted octanol–water partition coefficient (Wildman–Crippen LogP) is 4.35. The van der Waals surface area contributed by atoms with Crippen LogP contribution in [-0.4, -0.2) is 64.4 Å². The molecule has 3 aromatic rings. The molecule has 32 heavy (non-hydrogen) atoms. The number of rotatable bonds is 8. The second kappa shape index (κ2) is 9.96. The lowest BCUT2D eigenvalue weighted by molar-refractivity contribution is 0.0371. The van der Waals surface area contributed by atoms with Crippen molar-refractivity contribution in [2.45, 2.75) is 53.0 Å². The van der Waals surface area contributed by atoms with Crippen LogP contribution in [0.25, 0.3) is 22.4 Å². The van der Waals surface area contributed by atoms with Gasteiger partial charge in [0.2, 0.25) is 5.88 Å². The van der Waals surface area contributed by atoms with Gasteiger partial charge >= 0.3 is 0 Å². The molecule has 7 heteroatoms. The van der Waals surface area contributed by atoms with Crippen LogP contribution in [-0.2, 0) is 11.3 Å². The number of fused-ring (bicyclic) bond motifs is 1. The molecular weight excluding hydrogens is 402 g/mol. The summed E-state index contributed by atoms with van der Waals surface area (Å²) in [6.07, 6.45) is 4.48. The molecular formula is C25H35N5O2. The third-order valence-corrected chi connectivity index (χ3v) is 6.20. The van der Waals surface area contributed by atoms with E-state index in [1.807, 2.05) is 6.92 Å². The molecule has 1 aliphatic rings. The van der Waals surface area contributed by atoms with Crippen molar-refractivity contribution in [3.05, 3.63) is 35.3 Å². The van der Waals surface area contributed by atoms with E-state index >= 15 is 0 Å². The summed E-state index contributed by atoms with van der Waals surface area (Å²) in [7, 11) is 1.66. The summed E-state index contributed by atoms with van der Waals surface area (Å²) in [6, 6.07) is 4.11. The largest absolute Gasteiger partial charge is 0.480 e. The van der Waals surface area contributed by atoms with Gasteiger partial charge in [-0.05, 0) is 56.8 Å². The Balaban J connectivity index is 1.55. The Hall–Kier alpha value is -2.51. The molecule has 0 atom stereocenters. The Morgan fingerprint density at radius 2 is 1.78 bits per heavy atom. The first-order valence-electron chi connectivity index (χ1n) is 11.7. The van der Waals surface area contributed by atoms with E-state index in [9.17, 15) is 0 Å². The van der Waals surface area contributed by atoms with Gasteiger partial charge in [0.1, 0.15) is 5.52 Å². The average Bonchev–Trinajstić information content (AvgIpc) is 3.10. The van der Waals surface area contributed by atoms with Crippen LogP contribution in [0.2, 0.25) is 0 Å². The number of pyridine rings is 1. The van der Waals surface area contributed by atoms with Gasteiger partial charge in [0.25, 0.3) is 0 Å². The number of hydrogen-bond donors (Lipinski definition) is 0. The minimum atomic E-state index is 0.340. The molecule has 1 aliphatic heterocycles. The number of nitrogens with zero attached hydrogens (tertiary/aromatic N) is 5. The van der Waals surface area contributed by atoms with Crippen molar-refractivity contribution >= 4 is 11.2 Å². The molecule has 0 bridgehead atoms. The predicted molar refractivity (Wildman–Crippen MR) is 127 cm³/mol. The zero-order valence-electron chi connectivity index (χ0n) is 20.0. The highest BCUT2D eigenvalue weighted by molar-refractivity contribution is 5.80. The van der Waals surface area contributed by atoms with Gasteiger partial charge in [-0.2, -0.15) is 0 Å². The highest BCUT2D eigenvalue weighted by Crippen LogP contribution is 2.32. The molecule has 4 heterocycles. The third kappa shape index (κ3) is 4.79.